The van der Waals surface area contributed by atoms with Crippen LogP contribution in [0.5, 0.6) is 0 Å². The van der Waals surface area contributed by atoms with Crippen molar-refractivity contribution >= 4 is 5.97 Å². The molecule has 19 heavy (non-hydrogen) atoms. The second-order valence-electron chi connectivity index (χ2n) is 5.34. The summed E-state index contributed by atoms with van der Waals surface area (Å²) in [5.41, 5.74) is 0. The van der Waals surface area contributed by atoms with E-state index < -0.39 is 24.7 Å². The van der Waals surface area contributed by atoms with Gasteiger partial charge in [-0.15, -0.1) is 0 Å². The van der Waals surface area contributed by atoms with Crippen molar-refractivity contribution in [2.45, 2.75) is 31.5 Å². The van der Waals surface area contributed by atoms with Crippen molar-refractivity contribution in [1.29, 1.82) is 0 Å². The van der Waals surface area contributed by atoms with E-state index in [-0.39, 0.29) is 25.1 Å². The van der Waals surface area contributed by atoms with E-state index in [2.05, 4.69) is 10.1 Å². The molecule has 2 aliphatic carbocycles. The summed E-state index contributed by atoms with van der Waals surface area (Å²) in [4.78, 5) is 11.2. The first-order chi connectivity index (χ1) is 8.88. The zero-order valence-electron chi connectivity index (χ0n) is 10.4. The number of aliphatic carboxylic acids is 1. The van der Waals surface area contributed by atoms with Crippen molar-refractivity contribution in [3.8, 4) is 0 Å². The molecule has 0 saturated heterocycles. The Bertz CT molecular complexity index is 335. The Labute approximate surface area is 109 Å². The van der Waals surface area contributed by atoms with Gasteiger partial charge in [-0.05, 0) is 31.1 Å². The molecule has 4 atom stereocenters. The van der Waals surface area contributed by atoms with Gasteiger partial charge in [0.05, 0.1) is 12.5 Å². The van der Waals surface area contributed by atoms with E-state index in [0.29, 0.717) is 5.92 Å². The monoisotopic (exact) mass is 281 g/mol. The summed E-state index contributed by atoms with van der Waals surface area (Å²) in [6.45, 7) is -1.05. The first kappa shape index (κ1) is 14.6. The van der Waals surface area contributed by atoms with Gasteiger partial charge in [-0.2, -0.15) is 13.2 Å². The SMILES string of the molecule is O=C(O)C1C2CCC(C2)C1NCCOCC(F)(F)F. The molecule has 110 valence electrons. The molecule has 2 saturated carbocycles. The molecule has 0 aliphatic heterocycles. The van der Waals surface area contributed by atoms with Crippen LogP contribution in [0.3, 0.4) is 0 Å². The number of fused-ring (bicyclic) bond motifs is 2. The van der Waals surface area contributed by atoms with Gasteiger partial charge in [-0.1, -0.05) is 0 Å². The number of alkyl halides is 3. The Morgan fingerprint density at radius 3 is 2.63 bits per heavy atom. The molecule has 0 aromatic heterocycles. The van der Waals surface area contributed by atoms with Gasteiger partial charge in [-0.3, -0.25) is 4.79 Å². The van der Waals surface area contributed by atoms with Crippen LogP contribution in [-0.2, 0) is 9.53 Å². The van der Waals surface area contributed by atoms with Crippen LogP contribution in [0.15, 0.2) is 0 Å². The maximum Gasteiger partial charge on any atom is 0.411 e. The number of halogens is 3. The number of hydrogen-bond donors (Lipinski definition) is 2. The van der Waals surface area contributed by atoms with E-state index in [1.165, 1.54) is 0 Å². The van der Waals surface area contributed by atoms with Crippen LogP contribution < -0.4 is 5.32 Å². The van der Waals surface area contributed by atoms with Gasteiger partial charge in [0.2, 0.25) is 0 Å². The molecule has 0 spiro atoms. The molecule has 2 N–H and O–H groups in total. The van der Waals surface area contributed by atoms with Crippen molar-refractivity contribution in [3.05, 3.63) is 0 Å². The highest BCUT2D eigenvalue weighted by molar-refractivity contribution is 5.72. The van der Waals surface area contributed by atoms with Gasteiger partial charge < -0.3 is 15.2 Å². The topological polar surface area (TPSA) is 58.6 Å². The van der Waals surface area contributed by atoms with Crippen LogP contribution in [-0.4, -0.2) is 43.1 Å². The van der Waals surface area contributed by atoms with Crippen LogP contribution in [0.2, 0.25) is 0 Å². The molecular formula is C12H18F3NO3. The summed E-state index contributed by atoms with van der Waals surface area (Å²) >= 11 is 0. The number of hydrogen-bond acceptors (Lipinski definition) is 3. The molecule has 7 heteroatoms. The molecule has 2 fully saturated rings. The Morgan fingerprint density at radius 2 is 2.00 bits per heavy atom. The summed E-state index contributed by atoms with van der Waals surface area (Å²) in [6, 6.07) is -0.120. The van der Waals surface area contributed by atoms with Crippen molar-refractivity contribution < 1.29 is 27.8 Å². The summed E-state index contributed by atoms with van der Waals surface area (Å²) in [5, 5.41) is 12.3. The highest BCUT2D eigenvalue weighted by atomic mass is 19.4. The molecule has 0 heterocycles. The fourth-order valence-corrected chi connectivity index (χ4v) is 3.43. The Kier molecular flexibility index (Phi) is 4.35. The van der Waals surface area contributed by atoms with Crippen molar-refractivity contribution in [2.75, 3.05) is 19.8 Å². The number of carbonyl (C=O) groups is 1. The van der Waals surface area contributed by atoms with Crippen LogP contribution in [0, 0.1) is 17.8 Å². The third kappa shape index (κ3) is 3.60. The lowest BCUT2D eigenvalue weighted by Crippen LogP contribution is -2.45. The average Bonchev–Trinajstić information content (AvgIpc) is 2.86. The molecule has 0 aromatic carbocycles. The summed E-state index contributed by atoms with van der Waals surface area (Å²) in [6.07, 6.45) is -1.44. The Morgan fingerprint density at radius 1 is 1.32 bits per heavy atom. The lowest BCUT2D eigenvalue weighted by molar-refractivity contribution is -0.173. The van der Waals surface area contributed by atoms with Crippen molar-refractivity contribution in [1.82, 2.24) is 5.32 Å². The summed E-state index contributed by atoms with van der Waals surface area (Å²) < 4.78 is 40.1. The summed E-state index contributed by atoms with van der Waals surface area (Å²) in [5.74, 6) is -0.646. The van der Waals surface area contributed by atoms with Gasteiger partial charge in [0, 0.05) is 12.6 Å². The zero-order valence-corrected chi connectivity index (χ0v) is 10.4. The minimum absolute atomic E-state index is 0.0558. The van der Waals surface area contributed by atoms with E-state index in [0.717, 1.165) is 19.3 Å². The quantitative estimate of drug-likeness (QED) is 0.727. The number of rotatable bonds is 6. The van der Waals surface area contributed by atoms with Crippen LogP contribution in [0.4, 0.5) is 13.2 Å². The number of ether oxygens (including phenoxy) is 1. The van der Waals surface area contributed by atoms with Gasteiger partial charge in [0.15, 0.2) is 0 Å². The standard InChI is InChI=1S/C12H18F3NO3/c13-12(14,15)6-19-4-3-16-10-8-2-1-7(5-8)9(10)11(17)18/h7-10,16H,1-6H2,(H,17,18). The van der Waals surface area contributed by atoms with Crippen LogP contribution in [0.1, 0.15) is 19.3 Å². The van der Waals surface area contributed by atoms with Gasteiger partial charge in [-0.25, -0.2) is 0 Å². The molecule has 4 unspecified atom stereocenters. The van der Waals surface area contributed by atoms with E-state index in [1.54, 1.807) is 0 Å². The average molecular weight is 281 g/mol. The zero-order chi connectivity index (χ0) is 14.0. The molecule has 0 radical (unpaired) electrons. The fraction of sp³-hybridized carbons (Fsp3) is 0.917. The molecule has 0 amide bonds. The first-order valence-corrected chi connectivity index (χ1v) is 6.49. The molecular weight excluding hydrogens is 263 g/mol. The largest absolute Gasteiger partial charge is 0.481 e. The molecule has 0 aromatic rings. The second-order valence-corrected chi connectivity index (χ2v) is 5.34. The number of carboxylic acid groups (broad SMARTS) is 1. The van der Waals surface area contributed by atoms with Crippen LogP contribution in [0.25, 0.3) is 0 Å². The van der Waals surface area contributed by atoms with Crippen molar-refractivity contribution in [3.63, 3.8) is 0 Å². The smallest absolute Gasteiger partial charge is 0.411 e. The van der Waals surface area contributed by atoms with Crippen LogP contribution >= 0.6 is 0 Å². The van der Waals surface area contributed by atoms with E-state index >= 15 is 0 Å². The maximum atomic E-state index is 11.9. The third-order valence-corrected chi connectivity index (χ3v) is 4.09. The number of nitrogens with one attached hydrogen (secondary N) is 1. The first-order valence-electron chi connectivity index (χ1n) is 6.49. The molecule has 2 rings (SSSR count). The molecule has 2 bridgehead atoms. The maximum absolute atomic E-state index is 11.9. The minimum atomic E-state index is -4.31. The summed E-state index contributed by atoms with van der Waals surface area (Å²) in [7, 11) is 0. The third-order valence-electron chi connectivity index (χ3n) is 4.09. The number of carboxylic acids is 1. The minimum Gasteiger partial charge on any atom is -0.481 e. The predicted octanol–water partition coefficient (Wildman–Crippen LogP) is 1.65. The van der Waals surface area contributed by atoms with Gasteiger partial charge in [0.1, 0.15) is 6.61 Å². The highest BCUT2D eigenvalue weighted by Gasteiger charge is 2.50. The Balaban J connectivity index is 1.72. The fourth-order valence-electron chi connectivity index (χ4n) is 3.43. The van der Waals surface area contributed by atoms with Crippen molar-refractivity contribution in [2.24, 2.45) is 17.8 Å². The predicted molar refractivity (Wildman–Crippen MR) is 60.6 cm³/mol. The lowest BCUT2D eigenvalue weighted by atomic mass is 9.84. The van der Waals surface area contributed by atoms with Gasteiger partial charge >= 0.3 is 12.1 Å². The van der Waals surface area contributed by atoms with Gasteiger partial charge in [0.25, 0.3) is 0 Å². The van der Waals surface area contributed by atoms with E-state index in [9.17, 15) is 23.1 Å². The molecule has 4 nitrogen and oxygen atoms in total. The van der Waals surface area contributed by atoms with E-state index in [1.807, 2.05) is 0 Å². The second kappa shape index (κ2) is 5.66. The molecule has 2 aliphatic rings. The highest BCUT2D eigenvalue weighted by Crippen LogP contribution is 2.48. The normalized spacial score (nSPS) is 33.8. The Hall–Kier alpha value is -0.820. The lowest BCUT2D eigenvalue weighted by Gasteiger charge is -2.29. The van der Waals surface area contributed by atoms with E-state index in [4.69, 9.17) is 0 Å².